The first kappa shape index (κ1) is 25.1. The summed E-state index contributed by atoms with van der Waals surface area (Å²) in [7, 11) is 1.29. The second-order valence-electron chi connectivity index (χ2n) is 8.66. The molecule has 0 spiro atoms. The minimum absolute atomic E-state index is 0.132. The molecule has 8 nitrogen and oxygen atoms in total. The highest BCUT2D eigenvalue weighted by molar-refractivity contribution is 6.30. The number of carbonyl (C=O) groups is 2. The fourth-order valence-electron chi connectivity index (χ4n) is 4.65. The highest BCUT2D eigenvalue weighted by Gasteiger charge is 2.65. The van der Waals surface area contributed by atoms with Crippen LogP contribution in [0.1, 0.15) is 30.4 Å². The molecular weight excluding hydrogens is 472 g/mol. The van der Waals surface area contributed by atoms with Gasteiger partial charge in [0.25, 0.3) is 5.89 Å². The van der Waals surface area contributed by atoms with Crippen molar-refractivity contribution in [3.05, 3.63) is 89.1 Å². The van der Waals surface area contributed by atoms with E-state index in [2.05, 4.69) is 4.98 Å². The Hall–Kier alpha value is -3.04. The Bertz CT molecular complexity index is 1160. The summed E-state index contributed by atoms with van der Waals surface area (Å²) in [6, 6.07) is 16.2. The monoisotopic (exact) mass is 498 g/mol. The van der Waals surface area contributed by atoms with Crippen molar-refractivity contribution >= 4 is 23.9 Å². The molecule has 1 saturated heterocycles. The normalized spacial score (nSPS) is 24.5. The first-order chi connectivity index (χ1) is 16.8. The Morgan fingerprint density at radius 1 is 1.26 bits per heavy atom. The minimum atomic E-state index is -1.75. The van der Waals surface area contributed by atoms with Crippen LogP contribution in [0.4, 0.5) is 0 Å². The molecule has 0 aliphatic carbocycles. The van der Waals surface area contributed by atoms with E-state index in [1.54, 1.807) is 43.3 Å². The van der Waals surface area contributed by atoms with Crippen LogP contribution in [0.5, 0.6) is 0 Å². The summed E-state index contributed by atoms with van der Waals surface area (Å²) < 4.78 is 22.8. The van der Waals surface area contributed by atoms with Crippen molar-refractivity contribution in [1.82, 2.24) is 4.98 Å². The van der Waals surface area contributed by atoms with Crippen LogP contribution in [-0.2, 0) is 41.5 Å². The fourth-order valence-corrected chi connectivity index (χ4v) is 4.78. The van der Waals surface area contributed by atoms with Gasteiger partial charge in [0.15, 0.2) is 11.9 Å². The van der Waals surface area contributed by atoms with Crippen LogP contribution in [0.3, 0.4) is 0 Å². The third-order valence-corrected chi connectivity index (χ3v) is 6.82. The number of carbonyl (C=O) groups excluding carboxylic acids is 2. The van der Waals surface area contributed by atoms with E-state index >= 15 is 0 Å². The molecule has 2 aromatic carbocycles. The molecule has 2 heterocycles. The van der Waals surface area contributed by atoms with Gasteiger partial charge in [-0.25, -0.2) is 4.98 Å². The molecule has 0 amide bonds. The number of methoxy groups -OCH3 is 1. The maximum atomic E-state index is 13.2. The van der Waals surface area contributed by atoms with Crippen LogP contribution in [0.15, 0.2) is 71.5 Å². The number of benzene rings is 2. The Labute approximate surface area is 208 Å². The van der Waals surface area contributed by atoms with Gasteiger partial charge in [0, 0.05) is 5.02 Å². The molecule has 0 bridgehead atoms. The first-order valence-corrected chi connectivity index (χ1v) is 11.5. The predicted molar refractivity (Wildman–Crippen MR) is 127 cm³/mol. The van der Waals surface area contributed by atoms with Crippen LogP contribution in [0.2, 0.25) is 5.02 Å². The summed E-state index contributed by atoms with van der Waals surface area (Å²) in [5.41, 5.74) is 5.22. The smallest absolute Gasteiger partial charge is 0.311 e. The van der Waals surface area contributed by atoms with Crippen molar-refractivity contribution in [3.8, 4) is 0 Å². The molecule has 3 aromatic rings. The van der Waals surface area contributed by atoms with E-state index in [-0.39, 0.29) is 18.9 Å². The molecule has 1 aliphatic heterocycles. The van der Waals surface area contributed by atoms with Gasteiger partial charge >= 0.3 is 5.97 Å². The van der Waals surface area contributed by atoms with E-state index in [4.69, 9.17) is 36.0 Å². The van der Waals surface area contributed by atoms with Crippen molar-refractivity contribution in [2.75, 3.05) is 13.7 Å². The Kier molecular flexibility index (Phi) is 7.10. The minimum Gasteiger partial charge on any atom is -0.469 e. The van der Waals surface area contributed by atoms with Crippen molar-refractivity contribution in [2.45, 2.75) is 36.7 Å². The number of aldehydes is 1. The molecule has 0 radical (unpaired) electrons. The zero-order chi connectivity index (χ0) is 25.1. The van der Waals surface area contributed by atoms with Crippen LogP contribution in [-0.4, -0.2) is 36.6 Å². The van der Waals surface area contributed by atoms with Gasteiger partial charge in [0.1, 0.15) is 6.26 Å². The molecule has 1 aromatic heterocycles. The number of aryl methyl sites for hydroxylation is 1. The van der Waals surface area contributed by atoms with Gasteiger partial charge in [-0.2, -0.15) is 0 Å². The highest BCUT2D eigenvalue weighted by Crippen LogP contribution is 2.49. The number of hydrogen-bond acceptors (Lipinski definition) is 8. The lowest BCUT2D eigenvalue weighted by Gasteiger charge is -2.45. The van der Waals surface area contributed by atoms with Gasteiger partial charge in [-0.15, -0.1) is 0 Å². The largest absolute Gasteiger partial charge is 0.469 e. The van der Waals surface area contributed by atoms with E-state index in [1.807, 2.05) is 18.2 Å². The zero-order valence-electron chi connectivity index (χ0n) is 19.5. The average Bonchev–Trinajstić information content (AvgIpc) is 3.55. The SMILES string of the molecule is COC(=O)C(CCc1ccc(Cl)cc1)C(N)(c1ccccc1)C1(C=O)COC(C)(c2ncco2)O1. The molecule has 0 saturated carbocycles. The van der Waals surface area contributed by atoms with E-state index in [1.165, 1.54) is 19.6 Å². The topological polar surface area (TPSA) is 114 Å². The molecule has 4 atom stereocenters. The van der Waals surface area contributed by atoms with Gasteiger partial charge in [-0.3, -0.25) is 9.59 Å². The van der Waals surface area contributed by atoms with Gasteiger partial charge < -0.3 is 24.4 Å². The molecule has 184 valence electrons. The lowest BCUT2D eigenvalue weighted by atomic mass is 9.66. The number of hydrogen-bond donors (Lipinski definition) is 1. The molecular formula is C26H27ClN2O6. The first-order valence-electron chi connectivity index (χ1n) is 11.1. The number of ether oxygens (including phenoxy) is 3. The quantitative estimate of drug-likeness (QED) is 0.350. The highest BCUT2D eigenvalue weighted by atomic mass is 35.5. The number of esters is 1. The lowest BCUT2D eigenvalue weighted by molar-refractivity contribution is -0.211. The second-order valence-corrected chi connectivity index (χ2v) is 9.09. The van der Waals surface area contributed by atoms with E-state index in [0.29, 0.717) is 23.3 Å². The van der Waals surface area contributed by atoms with Gasteiger partial charge in [0.2, 0.25) is 5.79 Å². The summed E-state index contributed by atoms with van der Waals surface area (Å²) in [6.45, 7) is 1.37. The number of rotatable bonds is 9. The third-order valence-electron chi connectivity index (χ3n) is 6.57. The van der Waals surface area contributed by atoms with Crippen molar-refractivity contribution < 1.29 is 28.2 Å². The number of nitrogens with two attached hydrogens (primary N) is 1. The molecule has 4 rings (SSSR count). The summed E-state index contributed by atoms with van der Waals surface area (Å²) in [5.74, 6) is -2.89. The van der Waals surface area contributed by atoms with E-state index in [0.717, 1.165) is 5.56 Å². The van der Waals surface area contributed by atoms with Crippen LogP contribution < -0.4 is 5.73 Å². The molecule has 1 aliphatic rings. The van der Waals surface area contributed by atoms with E-state index in [9.17, 15) is 9.59 Å². The Morgan fingerprint density at radius 2 is 1.97 bits per heavy atom. The molecule has 2 N–H and O–H groups in total. The summed E-state index contributed by atoms with van der Waals surface area (Å²) in [5, 5.41) is 0.609. The van der Waals surface area contributed by atoms with Crippen molar-refractivity contribution in [3.63, 3.8) is 0 Å². The third kappa shape index (κ3) is 4.50. The van der Waals surface area contributed by atoms with Crippen molar-refractivity contribution in [2.24, 2.45) is 11.7 Å². The van der Waals surface area contributed by atoms with Crippen LogP contribution >= 0.6 is 11.6 Å². The Morgan fingerprint density at radius 3 is 2.57 bits per heavy atom. The lowest BCUT2D eigenvalue weighted by Crippen LogP contribution is -2.66. The number of aromatic nitrogens is 1. The standard InChI is InChI=1S/C26H27ClN2O6/c1-24(23-29-14-15-33-23)34-17-25(16-30,35-24)26(28,19-6-4-3-5-7-19)21(22(31)32-2)13-10-18-8-11-20(27)12-9-18/h3-9,11-12,14-16,21H,10,13,17,28H2,1-2H3. The van der Waals surface area contributed by atoms with Gasteiger partial charge in [-0.05, 0) is 43.0 Å². The molecule has 4 unspecified atom stereocenters. The number of nitrogens with zero attached hydrogens (tertiary/aromatic N) is 1. The molecule has 1 fully saturated rings. The summed E-state index contributed by atoms with van der Waals surface area (Å²) in [6.07, 6.45) is 4.19. The number of oxazole rings is 1. The van der Waals surface area contributed by atoms with Crippen LogP contribution in [0.25, 0.3) is 0 Å². The fraction of sp³-hybridized carbons (Fsp3) is 0.346. The average molecular weight is 499 g/mol. The van der Waals surface area contributed by atoms with E-state index < -0.39 is 28.8 Å². The number of halogens is 1. The summed E-state index contributed by atoms with van der Waals surface area (Å²) in [4.78, 5) is 30.2. The van der Waals surface area contributed by atoms with Gasteiger partial charge in [-0.1, -0.05) is 54.1 Å². The van der Waals surface area contributed by atoms with Crippen molar-refractivity contribution in [1.29, 1.82) is 0 Å². The molecule has 35 heavy (non-hydrogen) atoms. The van der Waals surface area contributed by atoms with Gasteiger partial charge in [0.05, 0.1) is 31.4 Å². The summed E-state index contributed by atoms with van der Waals surface area (Å²) >= 11 is 6.02. The maximum Gasteiger partial charge on any atom is 0.311 e. The molecule has 9 heteroatoms. The predicted octanol–water partition coefficient (Wildman–Crippen LogP) is 3.76. The second kappa shape index (κ2) is 9.91. The van der Waals surface area contributed by atoms with Crippen LogP contribution in [0, 0.1) is 5.92 Å². The zero-order valence-corrected chi connectivity index (χ0v) is 20.2. The maximum absolute atomic E-state index is 13.2. The Balaban J connectivity index is 1.80.